The first-order valence-corrected chi connectivity index (χ1v) is 8.76. The fourth-order valence-corrected chi connectivity index (χ4v) is 3.45. The average Bonchev–Trinajstić information content (AvgIpc) is 2.98. The monoisotopic (exact) mass is 492 g/mol. The van der Waals surface area contributed by atoms with Crippen molar-refractivity contribution in [1.29, 1.82) is 0 Å². The molecule has 0 aromatic rings. The summed E-state index contributed by atoms with van der Waals surface area (Å²) < 4.78 is 42.6. The average molecular weight is 492 g/mol. The number of hydrogen-bond acceptors (Lipinski definition) is 4. The van der Waals surface area contributed by atoms with Gasteiger partial charge < -0.3 is 15.0 Å². The minimum atomic E-state index is -4.17. The first kappa shape index (κ1) is 23.3. The molecule has 0 amide bonds. The second kappa shape index (κ2) is 10.5. The van der Waals surface area contributed by atoms with Gasteiger partial charge in [-0.2, -0.15) is 13.2 Å². The Kier molecular flexibility index (Phi) is 9.42. The van der Waals surface area contributed by atoms with Gasteiger partial charge in [-0.1, -0.05) is 0 Å². The highest BCUT2D eigenvalue weighted by atomic mass is 127. The van der Waals surface area contributed by atoms with Crippen LogP contribution in [0.25, 0.3) is 0 Å². The molecule has 10 heteroatoms. The van der Waals surface area contributed by atoms with Gasteiger partial charge in [0.1, 0.15) is 0 Å². The van der Waals surface area contributed by atoms with Crippen LogP contribution in [0.15, 0.2) is 4.99 Å². The van der Waals surface area contributed by atoms with Crippen molar-refractivity contribution in [3.05, 3.63) is 0 Å². The van der Waals surface area contributed by atoms with Crippen molar-refractivity contribution >= 4 is 35.9 Å². The fraction of sp³-hybridized carbons (Fsp3) is 0.875. The topological polar surface area (TPSA) is 57.2 Å². The van der Waals surface area contributed by atoms with Crippen molar-refractivity contribution in [1.82, 2.24) is 15.1 Å². The highest BCUT2D eigenvalue weighted by molar-refractivity contribution is 14.0. The van der Waals surface area contributed by atoms with E-state index in [1.807, 2.05) is 4.90 Å². The number of piperidine rings is 1. The Balaban J connectivity index is 0.00000338. The van der Waals surface area contributed by atoms with E-state index in [0.717, 1.165) is 19.4 Å². The van der Waals surface area contributed by atoms with Gasteiger partial charge in [0, 0.05) is 39.3 Å². The molecule has 1 N–H and O–H groups in total. The second-order valence-corrected chi connectivity index (χ2v) is 6.56. The second-order valence-electron chi connectivity index (χ2n) is 6.56. The molecule has 0 aromatic carbocycles. The van der Waals surface area contributed by atoms with Gasteiger partial charge in [0.05, 0.1) is 19.1 Å². The van der Waals surface area contributed by atoms with Crippen molar-refractivity contribution in [2.24, 2.45) is 10.9 Å². The lowest BCUT2D eigenvalue weighted by Crippen LogP contribution is -2.51. The minimum Gasteiger partial charge on any atom is -0.466 e. The first-order valence-electron chi connectivity index (χ1n) is 8.76. The van der Waals surface area contributed by atoms with Crippen LogP contribution in [0.1, 0.15) is 26.2 Å². The normalized spacial score (nSPS) is 25.0. The smallest absolute Gasteiger partial charge is 0.401 e. The molecule has 2 fully saturated rings. The number of guanidine groups is 1. The molecule has 152 valence electrons. The van der Waals surface area contributed by atoms with Gasteiger partial charge in [0.2, 0.25) is 0 Å². The number of esters is 1. The SMILES string of the molecule is CCOC(=O)C1CCCN(C(=NC)NC2CCN(CC(F)(F)F)C2)C1.I. The highest BCUT2D eigenvalue weighted by Crippen LogP contribution is 2.21. The Morgan fingerprint density at radius 3 is 2.62 bits per heavy atom. The largest absolute Gasteiger partial charge is 0.466 e. The summed E-state index contributed by atoms with van der Waals surface area (Å²) in [6.45, 7) is 3.32. The van der Waals surface area contributed by atoms with Gasteiger partial charge in [-0.05, 0) is 26.2 Å². The molecule has 0 saturated carbocycles. The lowest BCUT2D eigenvalue weighted by molar-refractivity contribution is -0.149. The van der Waals surface area contributed by atoms with Crippen molar-refractivity contribution < 1.29 is 22.7 Å². The minimum absolute atomic E-state index is 0. The van der Waals surface area contributed by atoms with Crippen LogP contribution in [0.3, 0.4) is 0 Å². The maximum Gasteiger partial charge on any atom is 0.401 e. The maximum atomic E-state index is 12.5. The highest BCUT2D eigenvalue weighted by Gasteiger charge is 2.35. The van der Waals surface area contributed by atoms with Crippen LogP contribution in [0.5, 0.6) is 0 Å². The Labute approximate surface area is 169 Å². The van der Waals surface area contributed by atoms with Crippen LogP contribution in [0, 0.1) is 5.92 Å². The summed E-state index contributed by atoms with van der Waals surface area (Å²) in [7, 11) is 1.65. The number of ether oxygens (including phenoxy) is 1. The van der Waals surface area contributed by atoms with E-state index in [1.54, 1.807) is 14.0 Å². The molecule has 2 unspecified atom stereocenters. The third-order valence-corrected chi connectivity index (χ3v) is 4.56. The summed E-state index contributed by atoms with van der Waals surface area (Å²) in [4.78, 5) is 19.6. The van der Waals surface area contributed by atoms with E-state index in [-0.39, 0.29) is 41.9 Å². The number of carbonyl (C=O) groups excluding carboxylic acids is 1. The van der Waals surface area contributed by atoms with Crippen LogP contribution >= 0.6 is 24.0 Å². The number of nitrogens with zero attached hydrogens (tertiary/aromatic N) is 3. The maximum absolute atomic E-state index is 12.5. The Morgan fingerprint density at radius 2 is 2.00 bits per heavy atom. The third-order valence-electron chi connectivity index (χ3n) is 4.56. The van der Waals surface area contributed by atoms with Crippen LogP contribution in [0.2, 0.25) is 0 Å². The standard InChI is InChI=1S/C16H27F3N4O2.HI/c1-3-25-14(24)12-5-4-7-23(9-12)15(20-2)21-13-6-8-22(10-13)11-16(17,18)19;/h12-13H,3-11H2,1-2H3,(H,20,21);1H. The molecule has 2 rings (SSSR count). The Hall–Kier alpha value is -0.780. The van der Waals surface area contributed by atoms with E-state index >= 15 is 0 Å². The van der Waals surface area contributed by atoms with Gasteiger partial charge in [-0.3, -0.25) is 14.7 Å². The summed E-state index contributed by atoms with van der Waals surface area (Å²) in [6, 6.07) is -0.0657. The van der Waals surface area contributed by atoms with E-state index < -0.39 is 12.7 Å². The van der Waals surface area contributed by atoms with E-state index in [4.69, 9.17) is 4.74 Å². The Bertz CT molecular complexity index is 491. The number of halogens is 4. The van der Waals surface area contributed by atoms with Gasteiger partial charge in [-0.25, -0.2) is 0 Å². The van der Waals surface area contributed by atoms with Crippen molar-refractivity contribution in [3.63, 3.8) is 0 Å². The molecule has 0 bridgehead atoms. The molecule has 26 heavy (non-hydrogen) atoms. The molecule has 6 nitrogen and oxygen atoms in total. The fourth-order valence-electron chi connectivity index (χ4n) is 3.45. The number of rotatable bonds is 4. The van der Waals surface area contributed by atoms with E-state index in [2.05, 4.69) is 10.3 Å². The van der Waals surface area contributed by atoms with Crippen molar-refractivity contribution in [3.8, 4) is 0 Å². The van der Waals surface area contributed by atoms with Gasteiger partial charge in [-0.15, -0.1) is 24.0 Å². The molecule has 0 aromatic heterocycles. The lowest BCUT2D eigenvalue weighted by atomic mass is 9.98. The van der Waals surface area contributed by atoms with Crippen LogP contribution in [-0.2, 0) is 9.53 Å². The molecule has 0 radical (unpaired) electrons. The van der Waals surface area contributed by atoms with E-state index in [0.29, 0.717) is 38.6 Å². The van der Waals surface area contributed by atoms with Crippen molar-refractivity contribution in [2.75, 3.05) is 46.4 Å². The van der Waals surface area contributed by atoms with Crippen LogP contribution in [-0.4, -0.2) is 80.3 Å². The van der Waals surface area contributed by atoms with Gasteiger partial charge in [0.25, 0.3) is 0 Å². The molecule has 2 atom stereocenters. The summed E-state index contributed by atoms with van der Waals surface area (Å²) in [6.07, 6.45) is -1.88. The summed E-state index contributed by atoms with van der Waals surface area (Å²) >= 11 is 0. The quantitative estimate of drug-likeness (QED) is 0.282. The van der Waals surface area contributed by atoms with Crippen LogP contribution in [0.4, 0.5) is 13.2 Å². The number of hydrogen-bond donors (Lipinski definition) is 1. The summed E-state index contributed by atoms with van der Waals surface area (Å²) in [5, 5.41) is 3.26. The molecule has 2 heterocycles. The molecular weight excluding hydrogens is 464 g/mol. The first-order chi connectivity index (χ1) is 11.8. The van der Waals surface area contributed by atoms with E-state index in [1.165, 1.54) is 4.90 Å². The van der Waals surface area contributed by atoms with Crippen molar-refractivity contribution in [2.45, 2.75) is 38.4 Å². The predicted octanol–water partition coefficient (Wildman–Crippen LogP) is 2.09. The zero-order chi connectivity index (χ0) is 18.4. The van der Waals surface area contributed by atoms with Gasteiger partial charge >= 0.3 is 12.1 Å². The zero-order valence-electron chi connectivity index (χ0n) is 15.2. The van der Waals surface area contributed by atoms with Gasteiger partial charge in [0.15, 0.2) is 5.96 Å². The zero-order valence-corrected chi connectivity index (χ0v) is 17.5. The molecule has 0 aliphatic carbocycles. The summed E-state index contributed by atoms with van der Waals surface area (Å²) in [5.74, 6) is 0.269. The molecular formula is C16H28F3IN4O2. The lowest BCUT2D eigenvalue weighted by Gasteiger charge is -2.35. The third kappa shape index (κ3) is 7.09. The number of nitrogens with one attached hydrogen (secondary N) is 1. The number of aliphatic imine (C=N–C) groups is 1. The molecule has 2 aliphatic rings. The predicted molar refractivity (Wildman–Crippen MR) is 104 cm³/mol. The van der Waals surface area contributed by atoms with Crippen LogP contribution < -0.4 is 5.32 Å². The Morgan fingerprint density at radius 1 is 1.27 bits per heavy atom. The molecule has 0 spiro atoms. The molecule has 2 aliphatic heterocycles. The molecule has 2 saturated heterocycles. The number of alkyl halides is 3. The number of likely N-dealkylation sites (tertiary alicyclic amines) is 2. The van der Waals surface area contributed by atoms with E-state index in [9.17, 15) is 18.0 Å². The summed E-state index contributed by atoms with van der Waals surface area (Å²) in [5.41, 5.74) is 0. The number of carbonyl (C=O) groups is 1.